The summed E-state index contributed by atoms with van der Waals surface area (Å²) in [5.41, 5.74) is 1.70. The van der Waals surface area contributed by atoms with E-state index in [9.17, 15) is 0 Å². The topological polar surface area (TPSA) is 24.4 Å². The van der Waals surface area contributed by atoms with Crippen LogP contribution in [0.4, 0.5) is 11.4 Å². The zero-order valence-corrected chi connectivity index (χ0v) is 15.6. The van der Waals surface area contributed by atoms with E-state index in [1.807, 2.05) is 42.5 Å². The Balaban J connectivity index is 0.00000220. The van der Waals surface area contributed by atoms with Crippen molar-refractivity contribution in [1.29, 1.82) is 0 Å². The van der Waals surface area contributed by atoms with Crippen LogP contribution in [0.3, 0.4) is 0 Å². The lowest BCUT2D eigenvalue weighted by atomic mass is 10.3. The molecule has 0 atom stereocenters. The van der Waals surface area contributed by atoms with E-state index >= 15 is 0 Å². The Morgan fingerprint density at radius 1 is 1.05 bits per heavy atom. The fourth-order valence-electron chi connectivity index (χ4n) is 1.46. The second-order valence-electron chi connectivity index (χ2n) is 3.92. The van der Waals surface area contributed by atoms with E-state index in [-0.39, 0.29) is 17.0 Å². The number of aliphatic imine (C=N–C) groups is 1. The first-order valence-corrected chi connectivity index (χ1v) is 7.36. The van der Waals surface area contributed by atoms with E-state index in [2.05, 4.69) is 26.2 Å². The molecule has 0 amide bonds. The SMILES string of the molecule is Br.Clc1cccc(N=C/C(Br)=C\Nc2cccc(Cl)c2)c1. The molecule has 2 aromatic rings. The van der Waals surface area contributed by atoms with Gasteiger partial charge in [-0.3, -0.25) is 4.99 Å². The summed E-state index contributed by atoms with van der Waals surface area (Å²) >= 11 is 15.2. The molecule has 2 aromatic carbocycles. The standard InChI is InChI=1S/C15H11BrCl2N2.BrH/c16-11(9-19-14-5-1-3-12(17)7-14)10-20-15-6-2-4-13(18)8-15;/h1-10,19H;1H/b11-9+,20-10?;. The third-order valence-corrected chi connectivity index (χ3v) is 3.25. The molecule has 2 rings (SSSR count). The molecule has 0 saturated carbocycles. The Labute approximate surface area is 152 Å². The number of allylic oxidation sites excluding steroid dienone is 1. The molecule has 0 radical (unpaired) electrons. The number of halogens is 4. The van der Waals surface area contributed by atoms with Gasteiger partial charge in [-0.25, -0.2) is 0 Å². The lowest BCUT2D eigenvalue weighted by Gasteiger charge is -2.01. The molecule has 0 bridgehead atoms. The summed E-state index contributed by atoms with van der Waals surface area (Å²) in [6.07, 6.45) is 3.49. The van der Waals surface area contributed by atoms with Gasteiger partial charge in [-0.2, -0.15) is 0 Å². The maximum atomic E-state index is 5.90. The highest BCUT2D eigenvalue weighted by molar-refractivity contribution is 9.12. The molecule has 0 saturated heterocycles. The zero-order chi connectivity index (χ0) is 14.4. The maximum Gasteiger partial charge on any atom is 0.0644 e. The Hall–Kier alpha value is -0.810. The molecular formula is C15H12Br2Cl2N2. The van der Waals surface area contributed by atoms with Crippen molar-refractivity contribution in [2.75, 3.05) is 5.32 Å². The van der Waals surface area contributed by atoms with Gasteiger partial charge in [-0.15, -0.1) is 17.0 Å². The third kappa shape index (κ3) is 6.66. The van der Waals surface area contributed by atoms with Gasteiger partial charge in [0.15, 0.2) is 0 Å². The highest BCUT2D eigenvalue weighted by Gasteiger charge is 1.93. The lowest BCUT2D eigenvalue weighted by molar-refractivity contribution is 1.53. The van der Waals surface area contributed by atoms with E-state index < -0.39 is 0 Å². The van der Waals surface area contributed by atoms with E-state index in [0.29, 0.717) is 10.0 Å². The van der Waals surface area contributed by atoms with Crippen LogP contribution in [-0.4, -0.2) is 6.21 Å². The second kappa shape index (κ2) is 9.26. The van der Waals surface area contributed by atoms with Crippen LogP contribution in [-0.2, 0) is 0 Å². The molecule has 0 fully saturated rings. The minimum absolute atomic E-state index is 0. The molecule has 0 aliphatic heterocycles. The minimum atomic E-state index is 0. The second-order valence-corrected chi connectivity index (χ2v) is 5.71. The van der Waals surface area contributed by atoms with Gasteiger partial charge < -0.3 is 5.32 Å². The van der Waals surface area contributed by atoms with Gasteiger partial charge in [0.2, 0.25) is 0 Å². The van der Waals surface area contributed by atoms with Gasteiger partial charge in [0, 0.05) is 28.1 Å². The molecule has 110 valence electrons. The maximum absolute atomic E-state index is 5.90. The van der Waals surface area contributed by atoms with Gasteiger partial charge in [0.05, 0.1) is 10.2 Å². The van der Waals surface area contributed by atoms with Crippen LogP contribution in [0.1, 0.15) is 0 Å². The number of hydrogen-bond donors (Lipinski definition) is 1. The van der Waals surface area contributed by atoms with Crippen LogP contribution < -0.4 is 5.32 Å². The molecule has 0 aromatic heterocycles. The quantitative estimate of drug-likeness (QED) is 0.520. The van der Waals surface area contributed by atoms with Crippen molar-refractivity contribution in [2.45, 2.75) is 0 Å². The van der Waals surface area contributed by atoms with Crippen LogP contribution in [0.25, 0.3) is 0 Å². The average molecular weight is 451 g/mol. The van der Waals surface area contributed by atoms with Crippen molar-refractivity contribution in [2.24, 2.45) is 4.99 Å². The summed E-state index contributed by atoms with van der Waals surface area (Å²) < 4.78 is 0.803. The Bertz CT molecular complexity index is 658. The van der Waals surface area contributed by atoms with Crippen molar-refractivity contribution < 1.29 is 0 Å². The molecule has 1 N–H and O–H groups in total. The van der Waals surface area contributed by atoms with Gasteiger partial charge in [0.25, 0.3) is 0 Å². The molecule has 6 heteroatoms. The summed E-state index contributed by atoms with van der Waals surface area (Å²) in [4.78, 5) is 4.31. The summed E-state index contributed by atoms with van der Waals surface area (Å²) in [5, 5.41) is 4.47. The Kier molecular flexibility index (Phi) is 8.04. The fraction of sp³-hybridized carbons (Fsp3) is 0. The van der Waals surface area contributed by atoms with Crippen LogP contribution in [0.15, 0.2) is 64.2 Å². The first-order valence-electron chi connectivity index (χ1n) is 5.81. The highest BCUT2D eigenvalue weighted by Crippen LogP contribution is 2.19. The molecule has 0 unspecified atom stereocenters. The van der Waals surface area contributed by atoms with E-state index in [1.54, 1.807) is 18.5 Å². The number of nitrogens with zero attached hydrogens (tertiary/aromatic N) is 1. The fourth-order valence-corrected chi connectivity index (χ4v) is 2.05. The summed E-state index contributed by atoms with van der Waals surface area (Å²) in [7, 11) is 0. The van der Waals surface area contributed by atoms with Crippen LogP contribution in [0.2, 0.25) is 10.0 Å². The van der Waals surface area contributed by atoms with Gasteiger partial charge in [0.1, 0.15) is 0 Å². The third-order valence-electron chi connectivity index (χ3n) is 2.35. The molecule has 0 aliphatic carbocycles. The monoisotopic (exact) mass is 448 g/mol. The predicted octanol–water partition coefficient (Wildman–Crippen LogP) is 6.62. The minimum Gasteiger partial charge on any atom is -0.361 e. The normalized spacial score (nSPS) is 11.3. The summed E-state index contributed by atoms with van der Waals surface area (Å²) in [5.74, 6) is 0. The average Bonchev–Trinajstić information content (AvgIpc) is 2.43. The number of benzene rings is 2. The first-order chi connectivity index (χ1) is 9.63. The van der Waals surface area contributed by atoms with Gasteiger partial charge in [-0.05, 0) is 52.3 Å². The molecule has 0 spiro atoms. The van der Waals surface area contributed by atoms with E-state index in [4.69, 9.17) is 23.2 Å². The molecule has 2 nitrogen and oxygen atoms in total. The van der Waals surface area contributed by atoms with Crippen molar-refractivity contribution >= 4 is 73.7 Å². The Morgan fingerprint density at radius 3 is 2.38 bits per heavy atom. The number of hydrogen-bond acceptors (Lipinski definition) is 2. The lowest BCUT2D eigenvalue weighted by Crippen LogP contribution is -1.88. The van der Waals surface area contributed by atoms with E-state index in [1.165, 1.54) is 0 Å². The van der Waals surface area contributed by atoms with Crippen LogP contribution >= 0.6 is 56.1 Å². The van der Waals surface area contributed by atoms with Crippen LogP contribution in [0, 0.1) is 0 Å². The van der Waals surface area contributed by atoms with Gasteiger partial charge in [-0.1, -0.05) is 35.3 Å². The molecule has 0 heterocycles. The summed E-state index contributed by atoms with van der Waals surface area (Å²) in [6.45, 7) is 0. The first kappa shape index (κ1) is 18.2. The smallest absolute Gasteiger partial charge is 0.0644 e. The molecule has 21 heavy (non-hydrogen) atoms. The molecular weight excluding hydrogens is 439 g/mol. The predicted molar refractivity (Wildman–Crippen MR) is 102 cm³/mol. The van der Waals surface area contributed by atoms with Crippen molar-refractivity contribution in [3.8, 4) is 0 Å². The van der Waals surface area contributed by atoms with Crippen molar-refractivity contribution in [1.82, 2.24) is 0 Å². The number of nitrogens with one attached hydrogen (secondary N) is 1. The largest absolute Gasteiger partial charge is 0.361 e. The Morgan fingerprint density at radius 2 is 1.71 bits per heavy atom. The highest BCUT2D eigenvalue weighted by atomic mass is 79.9. The van der Waals surface area contributed by atoms with E-state index in [0.717, 1.165) is 15.9 Å². The molecule has 0 aliphatic rings. The van der Waals surface area contributed by atoms with Crippen LogP contribution in [0.5, 0.6) is 0 Å². The number of anilines is 1. The van der Waals surface area contributed by atoms with Gasteiger partial charge >= 0.3 is 0 Å². The van der Waals surface area contributed by atoms with Crippen molar-refractivity contribution in [3.63, 3.8) is 0 Å². The van der Waals surface area contributed by atoms with Crippen molar-refractivity contribution in [3.05, 3.63) is 69.3 Å². The summed E-state index contributed by atoms with van der Waals surface area (Å²) in [6, 6.07) is 14.8. The zero-order valence-electron chi connectivity index (χ0n) is 10.8. The number of rotatable bonds is 4.